The summed E-state index contributed by atoms with van der Waals surface area (Å²) in [6.45, 7) is 3.52. The lowest BCUT2D eigenvalue weighted by atomic mass is 9.53. The Morgan fingerprint density at radius 1 is 0.646 bits per heavy atom. The summed E-state index contributed by atoms with van der Waals surface area (Å²) in [5.74, 6) is 0.638. The van der Waals surface area contributed by atoms with Gasteiger partial charge in [0.15, 0.2) is 0 Å². The lowest BCUT2D eigenvalue weighted by Gasteiger charge is -2.57. The first-order valence-electron chi connectivity index (χ1n) is 18.0. The van der Waals surface area contributed by atoms with E-state index in [4.69, 9.17) is 9.47 Å². The normalized spacial score (nSPS) is 38.0. The fourth-order valence-electron chi connectivity index (χ4n) is 11.5. The molecule has 2 amide bonds. The van der Waals surface area contributed by atoms with E-state index in [1.165, 1.54) is 38.5 Å². The highest BCUT2D eigenvalue weighted by atomic mass is 31.2. The minimum Gasteiger partial charge on any atom is -0.450 e. The lowest BCUT2D eigenvalue weighted by Crippen LogP contribution is -2.58. The van der Waals surface area contributed by atoms with Crippen LogP contribution in [0.3, 0.4) is 0 Å². The Labute approximate surface area is 283 Å². The first-order valence-corrected chi connectivity index (χ1v) is 21.4. The van der Waals surface area contributed by atoms with Gasteiger partial charge in [0.25, 0.3) is 15.0 Å². The van der Waals surface area contributed by atoms with E-state index in [0.717, 1.165) is 38.5 Å². The number of hydrogen-bond acceptors (Lipinski definition) is 6. The van der Waals surface area contributed by atoms with Gasteiger partial charge in [-0.05, 0) is 138 Å². The molecule has 1 aromatic carbocycles. The predicted molar refractivity (Wildman–Crippen MR) is 180 cm³/mol. The summed E-state index contributed by atoms with van der Waals surface area (Å²) in [6.07, 6.45) is 10.5. The first kappa shape index (κ1) is 34.5. The highest BCUT2D eigenvalue weighted by Crippen LogP contribution is 2.63. The van der Waals surface area contributed by atoms with Gasteiger partial charge < -0.3 is 29.9 Å². The zero-order valence-electron chi connectivity index (χ0n) is 28.1. The number of alkyl carbamates (subject to hydrolysis) is 2. The van der Waals surface area contributed by atoms with Crippen LogP contribution in [0.25, 0.3) is 0 Å². The third-order valence-corrected chi connectivity index (χ3v) is 16.0. The second-order valence-corrected chi connectivity index (χ2v) is 20.0. The van der Waals surface area contributed by atoms with E-state index < -0.39 is 49.9 Å². The Morgan fingerprint density at radius 2 is 0.917 bits per heavy atom. The molecule has 0 aliphatic heterocycles. The molecule has 0 spiro atoms. The molecular weight excluding hydrogens is 654 g/mol. The molecule has 2 unspecified atom stereocenters. The van der Waals surface area contributed by atoms with Crippen molar-refractivity contribution in [1.82, 2.24) is 20.8 Å². The van der Waals surface area contributed by atoms with E-state index in [1.807, 2.05) is 0 Å². The van der Waals surface area contributed by atoms with Crippen molar-refractivity contribution in [1.29, 1.82) is 0 Å². The number of rotatable bonds is 12. The molecule has 0 saturated heterocycles. The fourth-order valence-corrected chi connectivity index (χ4v) is 15.4. The van der Waals surface area contributed by atoms with Crippen molar-refractivity contribution < 1.29 is 38.0 Å². The summed E-state index contributed by atoms with van der Waals surface area (Å²) in [5, 5.41) is 11.6. The van der Waals surface area contributed by atoms with E-state index in [0.29, 0.717) is 46.6 Å². The summed E-state index contributed by atoms with van der Waals surface area (Å²) >= 11 is 0. The van der Waals surface area contributed by atoms with Crippen LogP contribution in [0.2, 0.25) is 0 Å². The van der Waals surface area contributed by atoms with Crippen LogP contribution in [0.4, 0.5) is 9.59 Å². The van der Waals surface area contributed by atoms with Crippen molar-refractivity contribution in [2.45, 2.75) is 114 Å². The van der Waals surface area contributed by atoms with Crippen LogP contribution in [0.1, 0.15) is 114 Å². The van der Waals surface area contributed by atoms with E-state index in [2.05, 4.69) is 20.8 Å². The standard InChI is InChI=1S/C34H52N4O8P2/c1-3-45-31(39)35-29(47(41,42)37-33-15-21-9-22(16-33)11-23(10-21)17-33)27-5-7-28(8-6-27)30(36-32(40)46-4-2)48(43,44)38-34-18-24-12-25(19-34)14-26(13-24)20-34/h5-8,21-26,29-30H,3-4,9-20H2,1-2H3,(H,35,39)(H,36,40)(H2,37,41,42)(H2,38,43,44)/t21?,22?,23?,24?,25?,26?,29-,30-,33?,34?/m0/s1. The Morgan fingerprint density at radius 3 is 1.17 bits per heavy atom. The molecule has 8 saturated carbocycles. The van der Waals surface area contributed by atoms with Crippen molar-refractivity contribution in [2.75, 3.05) is 13.2 Å². The summed E-state index contributed by atoms with van der Waals surface area (Å²) in [5.41, 5.74) is -0.221. The largest absolute Gasteiger partial charge is 0.450 e. The van der Waals surface area contributed by atoms with Gasteiger partial charge in [0, 0.05) is 11.1 Å². The van der Waals surface area contributed by atoms with Gasteiger partial charge in [0.05, 0.1) is 13.2 Å². The second kappa shape index (κ2) is 13.0. The molecule has 0 radical (unpaired) electrons. The van der Waals surface area contributed by atoms with Gasteiger partial charge in [-0.25, -0.2) is 19.8 Å². The molecule has 8 fully saturated rings. The maximum atomic E-state index is 14.3. The van der Waals surface area contributed by atoms with Crippen LogP contribution in [-0.4, -0.2) is 46.3 Å². The number of hydrogen-bond donors (Lipinski definition) is 6. The molecule has 266 valence electrons. The quantitative estimate of drug-likeness (QED) is 0.129. The molecule has 0 heterocycles. The van der Waals surface area contributed by atoms with E-state index >= 15 is 0 Å². The third kappa shape index (κ3) is 7.00. The minimum absolute atomic E-state index is 0.0966. The van der Waals surface area contributed by atoms with Gasteiger partial charge in [0.1, 0.15) is 11.6 Å². The summed E-state index contributed by atoms with van der Waals surface area (Å²) in [4.78, 5) is 48.8. The van der Waals surface area contributed by atoms with Gasteiger partial charge in [-0.2, -0.15) is 0 Å². The Kier molecular flexibility index (Phi) is 9.34. The SMILES string of the molecule is CCOC(=O)N[C@H](c1ccc([C@@H](NC(=O)OCC)P(=O)(O)NC23CC4CC(CC(C4)C2)C3)cc1)P(=O)(O)NC12CC3CC(CC(C3)C1)C2. The average Bonchev–Trinajstić information content (AvgIpc) is 2.96. The summed E-state index contributed by atoms with van der Waals surface area (Å²) in [6, 6.07) is 6.28. The van der Waals surface area contributed by atoms with Gasteiger partial charge >= 0.3 is 12.2 Å². The van der Waals surface area contributed by atoms with Crippen molar-refractivity contribution >= 4 is 27.2 Å². The molecule has 14 heteroatoms. The number of amides is 2. The number of benzene rings is 1. The Hall–Kier alpha value is -1.94. The molecule has 8 aliphatic rings. The van der Waals surface area contributed by atoms with Crippen molar-refractivity contribution in [3.05, 3.63) is 35.4 Å². The Bertz CT molecular complexity index is 1310. The van der Waals surface area contributed by atoms with Crippen LogP contribution >= 0.6 is 15.0 Å². The molecule has 48 heavy (non-hydrogen) atoms. The Balaban J connectivity index is 1.15. The first-order chi connectivity index (χ1) is 22.8. The van der Waals surface area contributed by atoms with Crippen molar-refractivity contribution in [2.24, 2.45) is 35.5 Å². The van der Waals surface area contributed by atoms with Gasteiger partial charge in [-0.15, -0.1) is 0 Å². The van der Waals surface area contributed by atoms with Gasteiger partial charge in [-0.3, -0.25) is 9.13 Å². The molecule has 8 bridgehead atoms. The van der Waals surface area contributed by atoms with Gasteiger partial charge in [0.2, 0.25) is 0 Å². The number of carbonyl (C=O) groups excluding carboxylic acids is 2. The van der Waals surface area contributed by atoms with E-state index in [1.54, 1.807) is 38.1 Å². The maximum absolute atomic E-state index is 14.3. The average molecular weight is 707 g/mol. The molecule has 4 atom stereocenters. The smallest absolute Gasteiger partial charge is 0.408 e. The highest BCUT2D eigenvalue weighted by molar-refractivity contribution is 7.56. The number of nitrogens with one attached hydrogen (secondary N) is 4. The third-order valence-electron chi connectivity index (χ3n) is 12.2. The van der Waals surface area contributed by atoms with Crippen LogP contribution in [0.5, 0.6) is 0 Å². The lowest BCUT2D eigenvalue weighted by molar-refractivity contribution is -0.0102. The zero-order valence-corrected chi connectivity index (χ0v) is 29.9. The van der Waals surface area contributed by atoms with Gasteiger partial charge in [-0.1, -0.05) is 24.3 Å². The molecule has 12 nitrogen and oxygen atoms in total. The zero-order chi connectivity index (χ0) is 33.9. The second-order valence-electron chi connectivity index (χ2n) is 16.1. The van der Waals surface area contributed by atoms with Crippen molar-refractivity contribution in [3.8, 4) is 0 Å². The topological polar surface area (TPSA) is 175 Å². The fraction of sp³-hybridized carbons (Fsp3) is 0.765. The van der Waals surface area contributed by atoms with Crippen LogP contribution in [0.15, 0.2) is 24.3 Å². The van der Waals surface area contributed by atoms with Crippen LogP contribution < -0.4 is 20.8 Å². The number of carbonyl (C=O) groups is 2. The van der Waals surface area contributed by atoms with Crippen LogP contribution in [-0.2, 0) is 18.6 Å². The van der Waals surface area contributed by atoms with E-state index in [-0.39, 0.29) is 13.2 Å². The molecule has 6 N–H and O–H groups in total. The molecule has 9 rings (SSSR count). The van der Waals surface area contributed by atoms with Crippen LogP contribution in [0, 0.1) is 35.5 Å². The molecule has 8 aliphatic carbocycles. The van der Waals surface area contributed by atoms with Crippen molar-refractivity contribution in [3.63, 3.8) is 0 Å². The van der Waals surface area contributed by atoms with E-state index in [9.17, 15) is 28.5 Å². The maximum Gasteiger partial charge on any atom is 0.408 e. The molecule has 0 aromatic heterocycles. The predicted octanol–water partition coefficient (Wildman–Crippen LogP) is 6.66. The highest BCUT2D eigenvalue weighted by Gasteiger charge is 2.55. The minimum atomic E-state index is -4.26. The molecule has 1 aromatic rings. The summed E-state index contributed by atoms with van der Waals surface area (Å²) in [7, 11) is -8.52. The number of ether oxygens (including phenoxy) is 2. The monoisotopic (exact) mass is 706 g/mol. The molecular formula is C34H52N4O8P2. The summed E-state index contributed by atoms with van der Waals surface area (Å²) < 4.78 is 38.8.